The summed E-state index contributed by atoms with van der Waals surface area (Å²) < 4.78 is 1.07. The number of rotatable bonds is 5. The molecule has 0 aliphatic carbocycles. The molecule has 9 heteroatoms. The highest BCUT2D eigenvalue weighted by atomic mass is 32.2. The molecule has 2 aromatic heterocycles. The molecule has 1 saturated heterocycles. The van der Waals surface area contributed by atoms with Gasteiger partial charge in [0.05, 0.1) is 30.5 Å². The van der Waals surface area contributed by atoms with Crippen molar-refractivity contribution in [1.29, 1.82) is 0 Å². The normalized spacial score (nSPS) is 15.7. The van der Waals surface area contributed by atoms with E-state index in [0.717, 1.165) is 42.0 Å². The number of benzene rings is 2. The molecule has 1 atom stereocenters. The van der Waals surface area contributed by atoms with Crippen molar-refractivity contribution in [2.45, 2.75) is 26.1 Å². The number of amides is 2. The van der Waals surface area contributed by atoms with Crippen LogP contribution >= 0.6 is 34.4 Å². The molecule has 0 bridgehead atoms. The highest BCUT2D eigenvalue weighted by molar-refractivity contribution is 8.00. The van der Waals surface area contributed by atoms with Crippen molar-refractivity contribution in [2.24, 2.45) is 0 Å². The number of nitrogens with zero attached hydrogens (tertiary/aromatic N) is 3. The van der Waals surface area contributed by atoms with Gasteiger partial charge in [0, 0.05) is 24.4 Å². The third-order valence-corrected chi connectivity index (χ3v) is 8.86. The molecule has 2 amide bonds. The van der Waals surface area contributed by atoms with Crippen molar-refractivity contribution in [1.82, 2.24) is 20.2 Å². The van der Waals surface area contributed by atoms with Gasteiger partial charge in [-0.1, -0.05) is 29.8 Å². The molecular weight excluding hydrogens is 485 g/mol. The number of aromatic nitrogens is 2. The molecule has 4 aromatic rings. The smallest absolute Gasteiger partial charge is 0.274 e. The molecule has 3 heterocycles. The van der Waals surface area contributed by atoms with Crippen LogP contribution in [0.2, 0.25) is 0 Å². The summed E-state index contributed by atoms with van der Waals surface area (Å²) in [5.41, 5.74) is 4.07. The maximum Gasteiger partial charge on any atom is 0.274 e. The van der Waals surface area contributed by atoms with Gasteiger partial charge in [-0.3, -0.25) is 9.59 Å². The first-order valence-electron chi connectivity index (χ1n) is 11.0. The lowest BCUT2D eigenvalue weighted by atomic mass is 10.1. The number of thiazole rings is 2. The Hall–Kier alpha value is -2.75. The second-order valence-electron chi connectivity index (χ2n) is 8.23. The molecule has 0 spiro atoms. The Bertz CT molecular complexity index is 1390. The number of carbonyl (C=O) groups excluding carboxylic acids is 2. The fraction of sp³-hybridized carbons (Fsp3) is 0.280. The van der Waals surface area contributed by atoms with E-state index in [1.54, 1.807) is 34.4 Å². The van der Waals surface area contributed by atoms with E-state index in [2.05, 4.69) is 21.4 Å². The van der Waals surface area contributed by atoms with Crippen molar-refractivity contribution in [3.63, 3.8) is 0 Å². The van der Waals surface area contributed by atoms with E-state index in [4.69, 9.17) is 0 Å². The highest BCUT2D eigenvalue weighted by Crippen LogP contribution is 2.34. The van der Waals surface area contributed by atoms with Gasteiger partial charge < -0.3 is 10.2 Å². The summed E-state index contributed by atoms with van der Waals surface area (Å²) in [6, 6.07) is 13.7. The average molecular weight is 509 g/mol. The largest absolute Gasteiger partial charge is 0.349 e. The predicted octanol–water partition coefficient (Wildman–Crippen LogP) is 5.29. The zero-order valence-electron chi connectivity index (χ0n) is 19.1. The zero-order valence-corrected chi connectivity index (χ0v) is 21.6. The van der Waals surface area contributed by atoms with Gasteiger partial charge >= 0.3 is 0 Å². The quantitative estimate of drug-likeness (QED) is 0.396. The average Bonchev–Trinajstić information content (AvgIpc) is 3.53. The lowest BCUT2D eigenvalue weighted by Crippen LogP contribution is -2.42. The van der Waals surface area contributed by atoms with Gasteiger partial charge in [-0.25, -0.2) is 9.97 Å². The molecule has 34 heavy (non-hydrogen) atoms. The summed E-state index contributed by atoms with van der Waals surface area (Å²) in [4.78, 5) is 38.2. The molecule has 1 N–H and O–H groups in total. The molecule has 0 radical (unpaired) electrons. The van der Waals surface area contributed by atoms with E-state index in [1.165, 1.54) is 0 Å². The van der Waals surface area contributed by atoms with Gasteiger partial charge in [-0.05, 0) is 44.5 Å². The van der Waals surface area contributed by atoms with Gasteiger partial charge in [0.2, 0.25) is 0 Å². The second kappa shape index (κ2) is 9.48. The fourth-order valence-corrected chi connectivity index (χ4v) is 6.95. The van der Waals surface area contributed by atoms with Crippen LogP contribution in [0.4, 0.5) is 0 Å². The first kappa shape index (κ1) is 23.0. The molecule has 2 aromatic carbocycles. The van der Waals surface area contributed by atoms with Crippen molar-refractivity contribution < 1.29 is 9.59 Å². The van der Waals surface area contributed by atoms with Gasteiger partial charge in [-0.15, -0.1) is 34.4 Å². The van der Waals surface area contributed by atoms with Crippen LogP contribution in [0.15, 0.2) is 42.5 Å². The Kier molecular flexibility index (Phi) is 6.42. The molecule has 5 rings (SSSR count). The van der Waals surface area contributed by atoms with E-state index in [0.29, 0.717) is 24.3 Å². The van der Waals surface area contributed by atoms with Gasteiger partial charge in [-0.2, -0.15) is 0 Å². The second-order valence-corrected chi connectivity index (χ2v) is 12.0. The third-order valence-electron chi connectivity index (χ3n) is 5.66. The number of nitrogens with one attached hydrogen (secondary N) is 1. The van der Waals surface area contributed by atoms with Crippen LogP contribution in [-0.4, -0.2) is 50.9 Å². The summed E-state index contributed by atoms with van der Waals surface area (Å²) >= 11 is 4.84. The Morgan fingerprint density at radius 1 is 1.06 bits per heavy atom. The first-order chi connectivity index (χ1) is 16.4. The third kappa shape index (κ3) is 4.60. The molecular formula is C25H24N4O2S3. The van der Waals surface area contributed by atoms with E-state index in [1.807, 2.05) is 62.1 Å². The molecule has 1 aliphatic rings. The van der Waals surface area contributed by atoms with E-state index in [-0.39, 0.29) is 17.2 Å². The first-order valence-corrected chi connectivity index (χ1v) is 13.7. The van der Waals surface area contributed by atoms with Gasteiger partial charge in [0.25, 0.3) is 11.8 Å². The summed E-state index contributed by atoms with van der Waals surface area (Å²) in [6.07, 6.45) is 0. The number of carbonyl (C=O) groups is 2. The maximum absolute atomic E-state index is 13.6. The van der Waals surface area contributed by atoms with E-state index >= 15 is 0 Å². The Morgan fingerprint density at radius 2 is 1.88 bits per heavy atom. The lowest BCUT2D eigenvalue weighted by molar-refractivity contribution is 0.0747. The van der Waals surface area contributed by atoms with Gasteiger partial charge in [0.15, 0.2) is 0 Å². The molecule has 174 valence electrons. The highest BCUT2D eigenvalue weighted by Gasteiger charge is 2.33. The molecule has 6 nitrogen and oxygen atoms in total. The Balaban J connectivity index is 1.31. The monoisotopic (exact) mass is 508 g/mol. The molecule has 1 unspecified atom stereocenters. The number of hydrogen-bond acceptors (Lipinski definition) is 7. The minimum absolute atomic E-state index is 0.0792. The van der Waals surface area contributed by atoms with Crippen molar-refractivity contribution in [2.75, 3.05) is 18.8 Å². The number of fused-ring (bicyclic) bond motifs is 1. The minimum Gasteiger partial charge on any atom is -0.349 e. The Labute approximate surface area is 210 Å². The number of thioether (sulfide) groups is 1. The van der Waals surface area contributed by atoms with Crippen LogP contribution in [0.1, 0.15) is 36.4 Å². The van der Waals surface area contributed by atoms with Crippen LogP contribution in [0.3, 0.4) is 0 Å². The summed E-state index contributed by atoms with van der Waals surface area (Å²) in [5, 5.41) is 4.72. The number of aryl methyl sites for hydroxylation is 3. The summed E-state index contributed by atoms with van der Waals surface area (Å²) in [7, 11) is 0. The van der Waals surface area contributed by atoms with Crippen LogP contribution in [-0.2, 0) is 0 Å². The fourth-order valence-electron chi connectivity index (χ4n) is 4.08. The summed E-state index contributed by atoms with van der Waals surface area (Å²) in [6.45, 7) is 6.95. The standard InChI is InChI=1S/C25H24N4O2S3/c1-14-5-4-6-17(11-14)23-22(28-16(3)34-23)25(31)29-9-10-32-21(29)13-26-24(30)18-7-8-20-19(12-18)27-15(2)33-20/h4-8,11-12,21H,9-10,13H2,1-3H3,(H,26,30). The van der Waals surface area contributed by atoms with Crippen molar-refractivity contribution in [3.8, 4) is 10.4 Å². The lowest BCUT2D eigenvalue weighted by Gasteiger charge is -2.24. The topological polar surface area (TPSA) is 75.2 Å². The van der Waals surface area contributed by atoms with Crippen molar-refractivity contribution >= 4 is 56.5 Å². The zero-order chi connectivity index (χ0) is 23.8. The van der Waals surface area contributed by atoms with Crippen molar-refractivity contribution in [3.05, 3.63) is 69.3 Å². The molecule has 0 saturated carbocycles. The van der Waals surface area contributed by atoms with Gasteiger partial charge in [0.1, 0.15) is 5.69 Å². The van der Waals surface area contributed by atoms with Crippen LogP contribution in [0.25, 0.3) is 20.7 Å². The predicted molar refractivity (Wildman–Crippen MR) is 141 cm³/mol. The maximum atomic E-state index is 13.6. The molecule has 1 fully saturated rings. The van der Waals surface area contributed by atoms with E-state index < -0.39 is 0 Å². The van der Waals surface area contributed by atoms with E-state index in [9.17, 15) is 9.59 Å². The van der Waals surface area contributed by atoms with Crippen LogP contribution in [0.5, 0.6) is 0 Å². The molecule has 1 aliphatic heterocycles. The van der Waals surface area contributed by atoms with Crippen LogP contribution < -0.4 is 5.32 Å². The minimum atomic E-state index is -0.155. The SMILES string of the molecule is Cc1cccc(-c2sc(C)nc2C(=O)N2CCSC2CNC(=O)c2ccc3sc(C)nc3c2)c1. The number of hydrogen-bond donors (Lipinski definition) is 1. The summed E-state index contributed by atoms with van der Waals surface area (Å²) in [5.74, 6) is 0.598. The Morgan fingerprint density at radius 3 is 2.71 bits per heavy atom. The van der Waals surface area contributed by atoms with Crippen LogP contribution in [0, 0.1) is 20.8 Å².